The molecule has 16 heavy (non-hydrogen) atoms. The maximum absolute atomic E-state index is 3.83. The summed E-state index contributed by atoms with van der Waals surface area (Å²) in [6, 6.07) is 10.2. The molecule has 0 saturated carbocycles. The highest BCUT2D eigenvalue weighted by Crippen LogP contribution is 2.31. The van der Waals surface area contributed by atoms with Crippen LogP contribution in [0.3, 0.4) is 0 Å². The standard InChI is InChI=1S/C14H20N2/c1-2-4-13-11(3-1)5-6-14(13)16-12-7-9-15-10-8-12/h1-4,12,14-16H,5-10H2. The van der Waals surface area contributed by atoms with Gasteiger partial charge < -0.3 is 10.6 Å². The van der Waals surface area contributed by atoms with Crippen LogP contribution in [0.25, 0.3) is 0 Å². The van der Waals surface area contributed by atoms with E-state index < -0.39 is 0 Å². The highest BCUT2D eigenvalue weighted by atomic mass is 15.0. The van der Waals surface area contributed by atoms with Crippen LogP contribution in [-0.2, 0) is 6.42 Å². The number of hydrogen-bond donors (Lipinski definition) is 2. The lowest BCUT2D eigenvalue weighted by atomic mass is 10.0. The van der Waals surface area contributed by atoms with Gasteiger partial charge in [0.05, 0.1) is 0 Å². The second-order valence-electron chi connectivity index (χ2n) is 4.98. The number of hydrogen-bond acceptors (Lipinski definition) is 2. The maximum atomic E-state index is 3.83. The summed E-state index contributed by atoms with van der Waals surface area (Å²) in [4.78, 5) is 0. The average molecular weight is 216 g/mol. The van der Waals surface area contributed by atoms with Gasteiger partial charge in [-0.05, 0) is 49.9 Å². The molecule has 2 nitrogen and oxygen atoms in total. The van der Waals surface area contributed by atoms with E-state index in [9.17, 15) is 0 Å². The Bertz CT molecular complexity index is 356. The van der Waals surface area contributed by atoms with Gasteiger partial charge in [-0.3, -0.25) is 0 Å². The van der Waals surface area contributed by atoms with Gasteiger partial charge in [-0.2, -0.15) is 0 Å². The molecule has 1 aliphatic heterocycles. The van der Waals surface area contributed by atoms with E-state index in [1.807, 2.05) is 0 Å². The Morgan fingerprint density at radius 2 is 1.88 bits per heavy atom. The molecular formula is C14H20N2. The van der Waals surface area contributed by atoms with E-state index in [4.69, 9.17) is 0 Å². The average Bonchev–Trinajstić information content (AvgIpc) is 2.74. The number of aryl methyl sites for hydroxylation is 1. The molecule has 86 valence electrons. The van der Waals surface area contributed by atoms with Crippen molar-refractivity contribution in [1.29, 1.82) is 0 Å². The lowest BCUT2D eigenvalue weighted by molar-refractivity contribution is 0.349. The Balaban J connectivity index is 1.68. The molecule has 1 aromatic rings. The Hall–Kier alpha value is -0.860. The molecule has 0 bridgehead atoms. The first kappa shape index (κ1) is 10.3. The van der Waals surface area contributed by atoms with Crippen LogP contribution in [0.1, 0.15) is 36.4 Å². The maximum Gasteiger partial charge on any atom is 0.0328 e. The van der Waals surface area contributed by atoms with Crippen molar-refractivity contribution >= 4 is 0 Å². The molecule has 1 aliphatic carbocycles. The summed E-state index contributed by atoms with van der Waals surface area (Å²) in [5.41, 5.74) is 3.09. The largest absolute Gasteiger partial charge is 0.317 e. The molecule has 0 aromatic heterocycles. The number of benzene rings is 1. The molecule has 0 radical (unpaired) electrons. The molecule has 1 unspecified atom stereocenters. The predicted octanol–water partition coefficient (Wildman–Crippen LogP) is 2.02. The number of rotatable bonds is 2. The van der Waals surface area contributed by atoms with Crippen molar-refractivity contribution in [2.45, 2.75) is 37.8 Å². The molecule has 0 spiro atoms. The normalized spacial score (nSPS) is 25.6. The fourth-order valence-corrected chi connectivity index (χ4v) is 3.00. The van der Waals surface area contributed by atoms with Gasteiger partial charge in [0, 0.05) is 12.1 Å². The Kier molecular flexibility index (Phi) is 2.94. The number of nitrogens with one attached hydrogen (secondary N) is 2. The first-order valence-corrected chi connectivity index (χ1v) is 6.48. The van der Waals surface area contributed by atoms with E-state index in [2.05, 4.69) is 34.9 Å². The molecule has 1 saturated heterocycles. The van der Waals surface area contributed by atoms with Gasteiger partial charge in [-0.15, -0.1) is 0 Å². The summed E-state index contributed by atoms with van der Waals surface area (Å²) in [6.07, 6.45) is 5.08. The van der Waals surface area contributed by atoms with Crippen molar-refractivity contribution in [2.24, 2.45) is 0 Å². The zero-order valence-corrected chi connectivity index (χ0v) is 9.71. The summed E-state index contributed by atoms with van der Waals surface area (Å²) in [5, 5.41) is 7.25. The first-order valence-electron chi connectivity index (χ1n) is 6.48. The topological polar surface area (TPSA) is 24.1 Å². The molecule has 1 atom stereocenters. The minimum Gasteiger partial charge on any atom is -0.317 e. The second kappa shape index (κ2) is 4.56. The summed E-state index contributed by atoms with van der Waals surface area (Å²) < 4.78 is 0. The van der Waals surface area contributed by atoms with Crippen molar-refractivity contribution in [1.82, 2.24) is 10.6 Å². The molecule has 3 rings (SSSR count). The van der Waals surface area contributed by atoms with Crippen LogP contribution in [0.2, 0.25) is 0 Å². The van der Waals surface area contributed by atoms with Crippen LogP contribution in [0.4, 0.5) is 0 Å². The molecule has 2 heteroatoms. The van der Waals surface area contributed by atoms with E-state index in [1.54, 1.807) is 11.1 Å². The number of piperidine rings is 1. The molecule has 1 heterocycles. The van der Waals surface area contributed by atoms with Gasteiger partial charge >= 0.3 is 0 Å². The lowest BCUT2D eigenvalue weighted by Gasteiger charge is -2.27. The van der Waals surface area contributed by atoms with E-state index >= 15 is 0 Å². The quantitative estimate of drug-likeness (QED) is 0.790. The van der Waals surface area contributed by atoms with Crippen LogP contribution in [-0.4, -0.2) is 19.1 Å². The summed E-state index contributed by atoms with van der Waals surface area (Å²) in [6.45, 7) is 2.35. The van der Waals surface area contributed by atoms with Crippen molar-refractivity contribution in [2.75, 3.05) is 13.1 Å². The van der Waals surface area contributed by atoms with Gasteiger partial charge in [-0.25, -0.2) is 0 Å². The van der Waals surface area contributed by atoms with Crippen molar-refractivity contribution in [3.8, 4) is 0 Å². The van der Waals surface area contributed by atoms with Gasteiger partial charge in [0.25, 0.3) is 0 Å². The zero-order chi connectivity index (χ0) is 10.8. The summed E-state index contributed by atoms with van der Waals surface area (Å²) in [5.74, 6) is 0. The molecule has 0 amide bonds. The van der Waals surface area contributed by atoms with Crippen LogP contribution in [0.5, 0.6) is 0 Å². The SMILES string of the molecule is c1ccc2c(c1)CCC2NC1CCNCC1. The van der Waals surface area contributed by atoms with Crippen molar-refractivity contribution in [3.63, 3.8) is 0 Å². The van der Waals surface area contributed by atoms with Gasteiger partial charge in [0.15, 0.2) is 0 Å². The Labute approximate surface area is 97.4 Å². The minimum absolute atomic E-state index is 0.610. The van der Waals surface area contributed by atoms with Gasteiger partial charge in [0.1, 0.15) is 0 Å². The first-order chi connectivity index (χ1) is 7.93. The van der Waals surface area contributed by atoms with Crippen molar-refractivity contribution in [3.05, 3.63) is 35.4 Å². The second-order valence-corrected chi connectivity index (χ2v) is 4.98. The molecule has 1 aromatic carbocycles. The van der Waals surface area contributed by atoms with Gasteiger partial charge in [-0.1, -0.05) is 24.3 Å². The van der Waals surface area contributed by atoms with E-state index in [-0.39, 0.29) is 0 Å². The highest BCUT2D eigenvalue weighted by Gasteiger charge is 2.24. The van der Waals surface area contributed by atoms with E-state index in [0.717, 1.165) is 6.04 Å². The third kappa shape index (κ3) is 2.00. The van der Waals surface area contributed by atoms with E-state index in [0.29, 0.717) is 6.04 Å². The third-order valence-electron chi connectivity index (χ3n) is 3.91. The molecule has 2 aliphatic rings. The minimum atomic E-state index is 0.610. The molecule has 2 N–H and O–H groups in total. The smallest absolute Gasteiger partial charge is 0.0328 e. The molecule has 1 fully saturated rings. The monoisotopic (exact) mass is 216 g/mol. The van der Waals surface area contributed by atoms with Crippen molar-refractivity contribution < 1.29 is 0 Å². The number of fused-ring (bicyclic) bond motifs is 1. The molecular weight excluding hydrogens is 196 g/mol. The van der Waals surface area contributed by atoms with Crippen LogP contribution in [0, 0.1) is 0 Å². The third-order valence-corrected chi connectivity index (χ3v) is 3.91. The highest BCUT2D eigenvalue weighted by molar-refractivity contribution is 5.34. The predicted molar refractivity (Wildman–Crippen MR) is 66.5 cm³/mol. The van der Waals surface area contributed by atoms with E-state index in [1.165, 1.54) is 38.8 Å². The Morgan fingerprint density at radius 3 is 2.75 bits per heavy atom. The van der Waals surface area contributed by atoms with Gasteiger partial charge in [0.2, 0.25) is 0 Å². The van der Waals surface area contributed by atoms with Crippen LogP contribution < -0.4 is 10.6 Å². The summed E-state index contributed by atoms with van der Waals surface area (Å²) >= 11 is 0. The van der Waals surface area contributed by atoms with Crippen LogP contribution in [0.15, 0.2) is 24.3 Å². The lowest BCUT2D eigenvalue weighted by Crippen LogP contribution is -2.41. The Morgan fingerprint density at radius 1 is 1.06 bits per heavy atom. The fourth-order valence-electron chi connectivity index (χ4n) is 3.00. The van der Waals surface area contributed by atoms with Crippen LogP contribution >= 0.6 is 0 Å². The zero-order valence-electron chi connectivity index (χ0n) is 9.71. The summed E-state index contributed by atoms with van der Waals surface area (Å²) in [7, 11) is 0. The fraction of sp³-hybridized carbons (Fsp3) is 0.571.